The van der Waals surface area contributed by atoms with E-state index in [0.717, 1.165) is 18.8 Å². The minimum Gasteiger partial charge on any atom is -0.496 e. The fourth-order valence-corrected chi connectivity index (χ4v) is 2.57. The molecule has 0 amide bonds. The molecule has 0 aliphatic carbocycles. The number of hydrogen-bond acceptors (Lipinski definition) is 3. The number of rotatable bonds is 5. The van der Waals surface area contributed by atoms with Crippen molar-refractivity contribution in [2.45, 2.75) is 39.3 Å². The molecular weight excluding hydrogens is 224 g/mol. The smallest absolute Gasteiger partial charge is 0.122 e. The number of aryl methyl sites for hydroxylation is 2. The van der Waals surface area contributed by atoms with Crippen LogP contribution in [-0.4, -0.2) is 26.2 Å². The van der Waals surface area contributed by atoms with Crippen LogP contribution in [0.25, 0.3) is 0 Å². The summed E-state index contributed by atoms with van der Waals surface area (Å²) in [6, 6.07) is 5.01. The topological polar surface area (TPSA) is 33.3 Å². The zero-order valence-corrected chi connectivity index (χ0v) is 11.7. The van der Waals surface area contributed by atoms with Crippen LogP contribution in [0.15, 0.2) is 12.1 Å². The van der Waals surface area contributed by atoms with Gasteiger partial charge in [0.2, 0.25) is 0 Å². The molecule has 0 saturated carbocycles. The monoisotopic (exact) mass is 248 g/mol. The Labute approximate surface area is 110 Å². The maximum absolute atomic E-state index is 5.34. The van der Waals surface area contributed by atoms with Crippen molar-refractivity contribution in [3.8, 4) is 5.75 Å². The van der Waals surface area contributed by atoms with Gasteiger partial charge in [0.15, 0.2) is 0 Å². The molecule has 1 fully saturated rings. The molecule has 0 bridgehead atoms. The highest BCUT2D eigenvalue weighted by Gasteiger charge is 2.13. The van der Waals surface area contributed by atoms with Crippen molar-refractivity contribution >= 4 is 0 Å². The minimum atomic E-state index is 0.657. The molecule has 1 saturated heterocycles. The van der Waals surface area contributed by atoms with E-state index in [1.807, 2.05) is 0 Å². The van der Waals surface area contributed by atoms with Crippen LogP contribution >= 0.6 is 0 Å². The van der Waals surface area contributed by atoms with Crippen LogP contribution in [0.3, 0.4) is 0 Å². The summed E-state index contributed by atoms with van der Waals surface area (Å²) in [7, 11) is 1.73. The summed E-state index contributed by atoms with van der Waals surface area (Å²) in [5.41, 5.74) is 3.87. The molecule has 1 aliphatic heterocycles. The fourth-order valence-electron chi connectivity index (χ4n) is 2.57. The molecule has 100 valence electrons. The van der Waals surface area contributed by atoms with Gasteiger partial charge >= 0.3 is 0 Å². The van der Waals surface area contributed by atoms with Crippen molar-refractivity contribution in [1.82, 2.24) is 10.6 Å². The summed E-state index contributed by atoms with van der Waals surface area (Å²) in [6.45, 7) is 7.42. The third-order valence-corrected chi connectivity index (χ3v) is 3.72. The summed E-state index contributed by atoms with van der Waals surface area (Å²) >= 11 is 0. The van der Waals surface area contributed by atoms with E-state index in [0.29, 0.717) is 6.04 Å². The molecule has 18 heavy (non-hydrogen) atoms. The van der Waals surface area contributed by atoms with Crippen LogP contribution in [-0.2, 0) is 6.54 Å². The molecule has 0 aromatic heterocycles. The Morgan fingerprint density at radius 3 is 2.83 bits per heavy atom. The largest absolute Gasteiger partial charge is 0.496 e. The van der Waals surface area contributed by atoms with Gasteiger partial charge in [0.05, 0.1) is 7.11 Å². The molecular formula is C15H24N2O. The second kappa shape index (κ2) is 6.21. The highest BCUT2D eigenvalue weighted by molar-refractivity contribution is 5.41. The number of nitrogens with one attached hydrogen (secondary N) is 2. The number of methoxy groups -OCH3 is 1. The van der Waals surface area contributed by atoms with Crippen molar-refractivity contribution in [1.29, 1.82) is 0 Å². The van der Waals surface area contributed by atoms with E-state index in [-0.39, 0.29) is 0 Å². The third-order valence-electron chi connectivity index (χ3n) is 3.72. The normalized spacial score (nSPS) is 19.2. The molecule has 0 radical (unpaired) electrons. The Hall–Kier alpha value is -1.06. The Morgan fingerprint density at radius 2 is 2.17 bits per heavy atom. The average Bonchev–Trinajstić information content (AvgIpc) is 2.86. The van der Waals surface area contributed by atoms with Crippen molar-refractivity contribution < 1.29 is 4.74 Å². The minimum absolute atomic E-state index is 0.657. The van der Waals surface area contributed by atoms with Crippen molar-refractivity contribution in [2.24, 2.45) is 0 Å². The molecule has 0 spiro atoms. The summed E-state index contributed by atoms with van der Waals surface area (Å²) in [5.74, 6) is 0.980. The number of hydrogen-bond donors (Lipinski definition) is 2. The molecule has 1 heterocycles. The van der Waals surface area contributed by atoms with Crippen molar-refractivity contribution in [3.63, 3.8) is 0 Å². The summed E-state index contributed by atoms with van der Waals surface area (Å²) in [6.07, 6.45) is 2.61. The van der Waals surface area contributed by atoms with Gasteiger partial charge in [-0.15, -0.1) is 0 Å². The first-order valence-corrected chi connectivity index (χ1v) is 6.79. The van der Waals surface area contributed by atoms with E-state index in [9.17, 15) is 0 Å². The van der Waals surface area contributed by atoms with E-state index in [1.165, 1.54) is 36.1 Å². The van der Waals surface area contributed by atoms with Crippen LogP contribution in [0.2, 0.25) is 0 Å². The first-order chi connectivity index (χ1) is 8.70. The lowest BCUT2D eigenvalue weighted by Crippen LogP contribution is -2.33. The van der Waals surface area contributed by atoms with E-state index in [1.54, 1.807) is 7.11 Å². The SMILES string of the molecule is COc1cc(C)c(CNCC2CCCN2)cc1C. The van der Waals surface area contributed by atoms with Gasteiger partial charge in [-0.3, -0.25) is 0 Å². The van der Waals surface area contributed by atoms with Gasteiger partial charge in [0.25, 0.3) is 0 Å². The zero-order valence-electron chi connectivity index (χ0n) is 11.7. The maximum Gasteiger partial charge on any atom is 0.122 e. The zero-order chi connectivity index (χ0) is 13.0. The van der Waals surface area contributed by atoms with E-state index in [2.05, 4.69) is 36.6 Å². The van der Waals surface area contributed by atoms with Gasteiger partial charge in [-0.25, -0.2) is 0 Å². The molecule has 1 aromatic carbocycles. The van der Waals surface area contributed by atoms with Crippen LogP contribution in [0.5, 0.6) is 5.75 Å². The fraction of sp³-hybridized carbons (Fsp3) is 0.600. The lowest BCUT2D eigenvalue weighted by atomic mass is 10.0. The van der Waals surface area contributed by atoms with Crippen LogP contribution in [0, 0.1) is 13.8 Å². The lowest BCUT2D eigenvalue weighted by Gasteiger charge is -2.14. The van der Waals surface area contributed by atoms with Gasteiger partial charge in [0, 0.05) is 19.1 Å². The molecule has 1 aliphatic rings. The molecule has 1 unspecified atom stereocenters. The maximum atomic E-state index is 5.34. The summed E-state index contributed by atoms with van der Waals surface area (Å²) in [5, 5.41) is 7.05. The molecule has 2 rings (SSSR count). The Morgan fingerprint density at radius 1 is 1.33 bits per heavy atom. The van der Waals surface area contributed by atoms with Crippen molar-refractivity contribution in [3.05, 3.63) is 28.8 Å². The Balaban J connectivity index is 1.90. The highest BCUT2D eigenvalue weighted by Crippen LogP contribution is 2.22. The Kier molecular flexibility index (Phi) is 4.61. The third kappa shape index (κ3) is 3.24. The quantitative estimate of drug-likeness (QED) is 0.837. The van der Waals surface area contributed by atoms with E-state index in [4.69, 9.17) is 4.74 Å². The second-order valence-electron chi connectivity index (χ2n) is 5.17. The predicted molar refractivity (Wildman–Crippen MR) is 75.2 cm³/mol. The first-order valence-electron chi connectivity index (χ1n) is 6.79. The first kappa shape index (κ1) is 13.4. The van der Waals surface area contributed by atoms with Gasteiger partial charge in [-0.1, -0.05) is 6.07 Å². The van der Waals surface area contributed by atoms with Crippen LogP contribution in [0.1, 0.15) is 29.5 Å². The van der Waals surface area contributed by atoms with E-state index < -0.39 is 0 Å². The Bertz CT molecular complexity index is 398. The van der Waals surface area contributed by atoms with Crippen LogP contribution < -0.4 is 15.4 Å². The molecule has 1 atom stereocenters. The standard InChI is InChI=1S/C15H24N2O/c1-11-8-15(18-3)12(2)7-13(11)9-16-10-14-5-4-6-17-14/h7-8,14,16-17H,4-6,9-10H2,1-3H3. The van der Waals surface area contributed by atoms with Gasteiger partial charge in [-0.2, -0.15) is 0 Å². The number of ether oxygens (including phenoxy) is 1. The van der Waals surface area contributed by atoms with E-state index >= 15 is 0 Å². The van der Waals surface area contributed by atoms with Crippen molar-refractivity contribution in [2.75, 3.05) is 20.2 Å². The summed E-state index contributed by atoms with van der Waals surface area (Å²) < 4.78 is 5.34. The highest BCUT2D eigenvalue weighted by atomic mass is 16.5. The molecule has 2 N–H and O–H groups in total. The van der Waals surface area contributed by atoms with Gasteiger partial charge in [0.1, 0.15) is 5.75 Å². The number of benzene rings is 1. The average molecular weight is 248 g/mol. The van der Waals surface area contributed by atoms with Gasteiger partial charge < -0.3 is 15.4 Å². The molecule has 3 heteroatoms. The van der Waals surface area contributed by atoms with Gasteiger partial charge in [-0.05, 0) is 56.0 Å². The second-order valence-corrected chi connectivity index (χ2v) is 5.17. The lowest BCUT2D eigenvalue weighted by molar-refractivity contribution is 0.411. The molecule has 1 aromatic rings. The predicted octanol–water partition coefficient (Wildman–Crippen LogP) is 2.15. The van der Waals surface area contributed by atoms with Crippen LogP contribution in [0.4, 0.5) is 0 Å². The summed E-state index contributed by atoms with van der Waals surface area (Å²) in [4.78, 5) is 0. The molecule has 3 nitrogen and oxygen atoms in total.